The van der Waals surface area contributed by atoms with Crippen molar-refractivity contribution in [1.82, 2.24) is 9.97 Å². The highest BCUT2D eigenvalue weighted by molar-refractivity contribution is 5.77. The van der Waals surface area contributed by atoms with Crippen LogP contribution >= 0.6 is 0 Å². The van der Waals surface area contributed by atoms with Gasteiger partial charge in [-0.1, -0.05) is 24.3 Å². The molecule has 0 amide bonds. The number of fused-ring (bicyclic) bond motifs is 1. The van der Waals surface area contributed by atoms with Gasteiger partial charge in [-0.2, -0.15) is 0 Å². The smallest absolute Gasteiger partial charge is 0.258 e. The van der Waals surface area contributed by atoms with E-state index in [1.54, 1.807) is 0 Å². The van der Waals surface area contributed by atoms with Gasteiger partial charge in [0.2, 0.25) is 0 Å². The van der Waals surface area contributed by atoms with E-state index in [2.05, 4.69) is 48.9 Å². The van der Waals surface area contributed by atoms with Gasteiger partial charge in [-0.25, -0.2) is 4.98 Å². The topological polar surface area (TPSA) is 53.4 Å². The summed E-state index contributed by atoms with van der Waals surface area (Å²) in [6.07, 6.45) is 0. The highest BCUT2D eigenvalue weighted by Gasteiger charge is 2.28. The molecule has 27 heavy (non-hydrogen) atoms. The second-order valence-electron chi connectivity index (χ2n) is 7.55. The maximum absolute atomic E-state index is 12.4. The summed E-state index contributed by atoms with van der Waals surface area (Å²) in [5, 5.41) is 0.656. The standard InChI is InChI=1S/C22H26N4O/c1-15-7-6-10-20(16(15)2)26-13-11-25(12-14-26)17(3)21-23-19-9-5-4-8-18(19)22(27)24-21/h4-10,17H,11-14H2,1-3H3,(H,23,24,27)/p+1/t17-/m1/s1. The second kappa shape index (κ2) is 7.16. The molecule has 0 unspecified atom stereocenters. The molecule has 0 aliphatic carbocycles. The fraction of sp³-hybridized carbons (Fsp3) is 0.364. The zero-order valence-electron chi connectivity index (χ0n) is 16.2. The minimum atomic E-state index is -0.0455. The Morgan fingerprint density at radius 3 is 2.59 bits per heavy atom. The monoisotopic (exact) mass is 363 g/mol. The molecule has 2 aromatic carbocycles. The zero-order chi connectivity index (χ0) is 19.0. The molecule has 0 saturated carbocycles. The largest absolute Gasteiger partial charge is 0.360 e. The zero-order valence-corrected chi connectivity index (χ0v) is 16.2. The van der Waals surface area contributed by atoms with Gasteiger partial charge in [0.05, 0.1) is 37.1 Å². The van der Waals surface area contributed by atoms with Crippen LogP contribution in [0.4, 0.5) is 5.69 Å². The minimum Gasteiger partial charge on any atom is -0.360 e. The van der Waals surface area contributed by atoms with Gasteiger partial charge in [-0.05, 0) is 50.1 Å². The van der Waals surface area contributed by atoms with Crippen molar-refractivity contribution in [3.63, 3.8) is 0 Å². The number of nitrogens with zero attached hydrogens (tertiary/aromatic N) is 2. The highest BCUT2D eigenvalue weighted by atomic mass is 16.1. The maximum Gasteiger partial charge on any atom is 0.258 e. The second-order valence-corrected chi connectivity index (χ2v) is 7.55. The molecule has 1 fully saturated rings. The molecule has 1 aromatic heterocycles. The molecule has 5 heteroatoms. The van der Waals surface area contributed by atoms with Crippen LogP contribution < -0.4 is 15.4 Å². The molecular weight excluding hydrogens is 336 g/mol. The number of hydrogen-bond donors (Lipinski definition) is 2. The van der Waals surface area contributed by atoms with E-state index >= 15 is 0 Å². The van der Waals surface area contributed by atoms with Crippen molar-refractivity contribution in [2.45, 2.75) is 26.8 Å². The highest BCUT2D eigenvalue weighted by Crippen LogP contribution is 2.22. The molecule has 0 bridgehead atoms. The number of aryl methyl sites for hydroxylation is 1. The van der Waals surface area contributed by atoms with Crippen molar-refractivity contribution in [3.05, 3.63) is 69.8 Å². The first-order chi connectivity index (χ1) is 13.0. The van der Waals surface area contributed by atoms with Crippen molar-refractivity contribution in [2.24, 2.45) is 0 Å². The Kier molecular flexibility index (Phi) is 4.70. The summed E-state index contributed by atoms with van der Waals surface area (Å²) in [4.78, 5) is 24.1. The van der Waals surface area contributed by atoms with Crippen LogP contribution in [0.5, 0.6) is 0 Å². The first kappa shape index (κ1) is 17.7. The lowest BCUT2D eigenvalue weighted by atomic mass is 10.1. The molecule has 3 aromatic rings. The van der Waals surface area contributed by atoms with Crippen LogP contribution in [0.15, 0.2) is 47.3 Å². The van der Waals surface area contributed by atoms with E-state index in [-0.39, 0.29) is 11.6 Å². The molecule has 2 N–H and O–H groups in total. The van der Waals surface area contributed by atoms with Gasteiger partial charge in [0.1, 0.15) is 6.04 Å². The average molecular weight is 363 g/mol. The van der Waals surface area contributed by atoms with Gasteiger partial charge in [0.25, 0.3) is 5.56 Å². The van der Waals surface area contributed by atoms with Crippen molar-refractivity contribution in [3.8, 4) is 0 Å². The lowest BCUT2D eigenvalue weighted by Gasteiger charge is -2.37. The number of hydrogen-bond acceptors (Lipinski definition) is 3. The Balaban J connectivity index is 1.51. The van der Waals surface area contributed by atoms with Crippen LogP contribution in [0.3, 0.4) is 0 Å². The predicted octanol–water partition coefficient (Wildman–Crippen LogP) is 2.01. The molecule has 5 nitrogen and oxygen atoms in total. The van der Waals surface area contributed by atoms with Crippen LogP contribution in [-0.2, 0) is 0 Å². The van der Waals surface area contributed by atoms with Crippen LogP contribution in [0.2, 0.25) is 0 Å². The number of nitrogens with one attached hydrogen (secondary N) is 2. The van der Waals surface area contributed by atoms with E-state index in [0.29, 0.717) is 5.39 Å². The summed E-state index contributed by atoms with van der Waals surface area (Å²) in [6, 6.07) is 14.2. The van der Waals surface area contributed by atoms with Crippen LogP contribution in [0, 0.1) is 13.8 Å². The quantitative estimate of drug-likeness (QED) is 0.748. The molecule has 1 aliphatic heterocycles. The first-order valence-electron chi connectivity index (χ1n) is 9.69. The van der Waals surface area contributed by atoms with Gasteiger partial charge in [0.15, 0.2) is 5.82 Å². The van der Waals surface area contributed by atoms with Crippen molar-refractivity contribution in [2.75, 3.05) is 31.1 Å². The fourth-order valence-electron chi connectivity index (χ4n) is 4.05. The third-order valence-electron chi connectivity index (χ3n) is 5.98. The lowest BCUT2D eigenvalue weighted by Crippen LogP contribution is -3.14. The summed E-state index contributed by atoms with van der Waals surface area (Å²) in [7, 11) is 0. The van der Waals surface area contributed by atoms with E-state index in [1.165, 1.54) is 21.7 Å². The van der Waals surface area contributed by atoms with Gasteiger partial charge in [-0.3, -0.25) is 4.79 Å². The third-order valence-corrected chi connectivity index (χ3v) is 5.98. The summed E-state index contributed by atoms with van der Waals surface area (Å²) >= 11 is 0. The Labute approximate surface area is 159 Å². The van der Waals surface area contributed by atoms with Gasteiger partial charge >= 0.3 is 0 Å². The number of quaternary nitrogens is 1. The Morgan fingerprint density at radius 1 is 1.07 bits per heavy atom. The molecule has 0 radical (unpaired) electrons. The van der Waals surface area contributed by atoms with Crippen molar-refractivity contribution in [1.29, 1.82) is 0 Å². The molecule has 140 valence electrons. The number of H-pyrrole nitrogens is 1. The van der Waals surface area contributed by atoms with Gasteiger partial charge < -0.3 is 14.8 Å². The Hall–Kier alpha value is -2.66. The summed E-state index contributed by atoms with van der Waals surface area (Å²) in [5.74, 6) is 0.786. The summed E-state index contributed by atoms with van der Waals surface area (Å²) < 4.78 is 0. The summed E-state index contributed by atoms with van der Waals surface area (Å²) in [6.45, 7) is 10.6. The van der Waals surface area contributed by atoms with E-state index in [9.17, 15) is 4.79 Å². The molecule has 2 heterocycles. The van der Waals surface area contributed by atoms with E-state index in [4.69, 9.17) is 4.98 Å². The molecule has 0 spiro atoms. The number of aromatic nitrogens is 2. The van der Waals surface area contributed by atoms with Gasteiger partial charge in [0, 0.05) is 5.69 Å². The summed E-state index contributed by atoms with van der Waals surface area (Å²) in [5.41, 5.74) is 4.79. The fourth-order valence-corrected chi connectivity index (χ4v) is 4.05. The van der Waals surface area contributed by atoms with E-state index < -0.39 is 0 Å². The molecule has 1 atom stereocenters. The Morgan fingerprint density at radius 2 is 1.81 bits per heavy atom. The number of piperazine rings is 1. The molecule has 1 aliphatic rings. The van der Waals surface area contributed by atoms with E-state index in [1.807, 2.05) is 24.3 Å². The lowest BCUT2D eigenvalue weighted by molar-refractivity contribution is -0.930. The van der Waals surface area contributed by atoms with Crippen molar-refractivity contribution < 1.29 is 4.90 Å². The number of rotatable bonds is 3. The third kappa shape index (κ3) is 3.35. The Bertz CT molecular complexity index is 1020. The van der Waals surface area contributed by atoms with E-state index in [0.717, 1.165) is 37.5 Å². The van der Waals surface area contributed by atoms with Crippen molar-refractivity contribution >= 4 is 16.6 Å². The van der Waals surface area contributed by atoms with Gasteiger partial charge in [-0.15, -0.1) is 0 Å². The normalized spacial score (nSPS) is 16.6. The number of para-hydroxylation sites is 1. The molecule has 4 rings (SSSR count). The minimum absolute atomic E-state index is 0.0455. The number of aromatic amines is 1. The molecular formula is C22H27N4O+. The SMILES string of the molecule is Cc1cccc(N2CC[NH+]([C@H](C)c3nc4ccccc4c(=O)[nH]3)CC2)c1C. The predicted molar refractivity (Wildman–Crippen MR) is 110 cm³/mol. The maximum atomic E-state index is 12.4. The number of anilines is 1. The molecule has 1 saturated heterocycles. The van der Waals surface area contributed by atoms with Crippen LogP contribution in [0.25, 0.3) is 10.9 Å². The first-order valence-corrected chi connectivity index (χ1v) is 9.69. The average Bonchev–Trinajstić information content (AvgIpc) is 2.70. The van der Waals surface area contributed by atoms with Crippen LogP contribution in [-0.4, -0.2) is 36.1 Å². The number of benzene rings is 2. The van der Waals surface area contributed by atoms with Crippen LogP contribution in [0.1, 0.15) is 29.9 Å².